The van der Waals surface area contributed by atoms with Crippen molar-refractivity contribution in [2.24, 2.45) is 0 Å². The van der Waals surface area contributed by atoms with E-state index in [4.69, 9.17) is 14.2 Å². The van der Waals surface area contributed by atoms with Crippen LogP contribution < -0.4 is 21.3 Å². The Kier molecular flexibility index (Phi) is 15.1. The summed E-state index contributed by atoms with van der Waals surface area (Å²) < 4.78 is 17.1. The number of rotatable bonds is 13. The number of anilines is 1. The molecule has 4 N–H and O–H groups in total. The van der Waals surface area contributed by atoms with Crippen LogP contribution in [0.5, 0.6) is 0 Å². The molecule has 4 amide bonds. The molecular formula is C31H49BrN4O8. The fourth-order valence-corrected chi connectivity index (χ4v) is 3.90. The van der Waals surface area contributed by atoms with E-state index < -0.39 is 52.8 Å². The third kappa shape index (κ3) is 18.3. The molecule has 0 saturated carbocycles. The Balaban J connectivity index is 2.81. The molecule has 0 spiro atoms. The lowest BCUT2D eigenvalue weighted by atomic mass is 10.1. The molecule has 0 fully saturated rings. The van der Waals surface area contributed by atoms with Gasteiger partial charge >= 0.3 is 30.0 Å². The summed E-state index contributed by atoms with van der Waals surface area (Å²) in [6.45, 7) is 15.7. The topological polar surface area (TPSA) is 161 Å². The van der Waals surface area contributed by atoms with Crippen LogP contribution in [0.1, 0.15) is 94.4 Å². The van der Waals surface area contributed by atoms with Gasteiger partial charge in [0.15, 0.2) is 0 Å². The number of esters is 3. The predicted octanol–water partition coefficient (Wildman–Crippen LogP) is 5.58. The first-order valence-corrected chi connectivity index (χ1v) is 15.5. The molecule has 0 heterocycles. The van der Waals surface area contributed by atoms with Gasteiger partial charge in [-0.2, -0.15) is 0 Å². The van der Waals surface area contributed by atoms with Gasteiger partial charge in [0, 0.05) is 23.1 Å². The second-order valence-electron chi connectivity index (χ2n) is 13.3. The molecule has 0 saturated heterocycles. The highest BCUT2D eigenvalue weighted by Gasteiger charge is 2.31. The van der Waals surface area contributed by atoms with Crippen molar-refractivity contribution in [2.75, 3.05) is 11.9 Å². The number of hydrogen-bond acceptors (Lipinski definition) is 8. The lowest BCUT2D eigenvalue weighted by molar-refractivity contribution is -0.159. The average molecular weight is 686 g/mol. The molecule has 0 unspecified atom stereocenters. The van der Waals surface area contributed by atoms with E-state index in [1.165, 1.54) is 0 Å². The molecule has 2 atom stereocenters. The number of ether oxygens (including phenoxy) is 3. The minimum absolute atomic E-state index is 0.0671. The molecule has 0 aliphatic carbocycles. The van der Waals surface area contributed by atoms with Crippen LogP contribution in [0.15, 0.2) is 28.7 Å². The summed E-state index contributed by atoms with van der Waals surface area (Å²) in [7, 11) is 0. The zero-order valence-electron chi connectivity index (χ0n) is 27.4. The SMILES string of the molecule is CC(C)(C)OC(=O)CC[C@H](NC(=O)N[C@@H](CCCCNC(=O)Nc1ccc(Br)cc1)C(=O)OC(C)(C)C)C(=O)OC(C)(C)C. The smallest absolute Gasteiger partial charge is 0.329 e. The van der Waals surface area contributed by atoms with Crippen molar-refractivity contribution < 1.29 is 38.2 Å². The fraction of sp³-hybridized carbons (Fsp3) is 0.645. The number of hydrogen-bond donors (Lipinski definition) is 4. The standard InChI is InChI=1S/C31H49BrN4O8/c1-29(2,3)42-24(37)18-17-23(26(39)44-31(7,8)9)36-28(41)35-22(25(38)43-30(4,5)6)12-10-11-19-33-27(40)34-21-15-13-20(32)14-16-21/h13-16,22-23H,10-12,17-19H2,1-9H3,(H2,33,34,40)(H2,35,36,41)/t22-,23-/m0/s1. The van der Waals surface area contributed by atoms with Crippen LogP contribution in [0, 0.1) is 0 Å². The zero-order valence-corrected chi connectivity index (χ0v) is 28.9. The predicted molar refractivity (Wildman–Crippen MR) is 171 cm³/mol. The van der Waals surface area contributed by atoms with E-state index in [1.807, 2.05) is 12.1 Å². The summed E-state index contributed by atoms with van der Waals surface area (Å²) in [5.74, 6) is -1.90. The van der Waals surface area contributed by atoms with Crippen LogP contribution >= 0.6 is 15.9 Å². The van der Waals surface area contributed by atoms with Gasteiger partial charge in [0.2, 0.25) is 0 Å². The zero-order chi connectivity index (χ0) is 33.7. The fourth-order valence-electron chi connectivity index (χ4n) is 3.64. The Morgan fingerprint density at radius 2 is 1.16 bits per heavy atom. The molecule has 1 rings (SSSR count). The Morgan fingerprint density at radius 3 is 1.64 bits per heavy atom. The Morgan fingerprint density at radius 1 is 0.682 bits per heavy atom. The monoisotopic (exact) mass is 684 g/mol. The van der Waals surface area contributed by atoms with Gasteiger partial charge in [0.05, 0.1) is 0 Å². The van der Waals surface area contributed by atoms with Crippen molar-refractivity contribution in [3.8, 4) is 0 Å². The number of nitrogens with one attached hydrogen (secondary N) is 4. The first kappa shape index (κ1) is 38.7. The van der Waals surface area contributed by atoms with Crippen LogP contribution in [-0.2, 0) is 28.6 Å². The maximum atomic E-state index is 13.0. The molecule has 248 valence electrons. The number of urea groups is 2. The largest absolute Gasteiger partial charge is 0.460 e. The highest BCUT2D eigenvalue weighted by atomic mass is 79.9. The second-order valence-corrected chi connectivity index (χ2v) is 14.2. The van der Waals surface area contributed by atoms with E-state index in [0.717, 1.165) is 4.47 Å². The van der Waals surface area contributed by atoms with E-state index in [1.54, 1.807) is 74.4 Å². The third-order valence-corrected chi connectivity index (χ3v) is 5.89. The number of halogens is 1. The van der Waals surface area contributed by atoms with Crippen molar-refractivity contribution in [3.63, 3.8) is 0 Å². The van der Waals surface area contributed by atoms with Crippen molar-refractivity contribution >= 4 is 51.6 Å². The highest BCUT2D eigenvalue weighted by Crippen LogP contribution is 2.16. The Hall–Kier alpha value is -3.35. The first-order valence-electron chi connectivity index (χ1n) is 14.7. The van der Waals surface area contributed by atoms with Crippen molar-refractivity contribution in [3.05, 3.63) is 28.7 Å². The summed E-state index contributed by atoms with van der Waals surface area (Å²) in [4.78, 5) is 63.3. The molecule has 1 aromatic carbocycles. The molecule has 44 heavy (non-hydrogen) atoms. The molecular weight excluding hydrogens is 636 g/mol. The lowest BCUT2D eigenvalue weighted by Gasteiger charge is -2.27. The molecule has 0 aliphatic rings. The molecule has 13 heteroatoms. The number of carbonyl (C=O) groups excluding carboxylic acids is 5. The maximum absolute atomic E-state index is 13.0. The number of carbonyl (C=O) groups is 5. The quantitative estimate of drug-likeness (QED) is 0.119. The lowest BCUT2D eigenvalue weighted by Crippen LogP contribution is -2.53. The van der Waals surface area contributed by atoms with Crippen LogP contribution in [0.4, 0.5) is 15.3 Å². The van der Waals surface area contributed by atoms with Crippen LogP contribution in [0.3, 0.4) is 0 Å². The molecule has 0 radical (unpaired) electrons. The molecule has 12 nitrogen and oxygen atoms in total. The molecule has 1 aromatic rings. The first-order chi connectivity index (χ1) is 20.1. The minimum Gasteiger partial charge on any atom is -0.460 e. The summed E-state index contributed by atoms with van der Waals surface area (Å²) in [5, 5.41) is 10.6. The Bertz CT molecular complexity index is 1120. The van der Waals surface area contributed by atoms with Crippen LogP contribution in [0.25, 0.3) is 0 Å². The normalized spacial score (nSPS) is 13.1. The summed E-state index contributed by atoms with van der Waals surface area (Å²) in [6.07, 6.45) is 0.999. The van der Waals surface area contributed by atoms with Gasteiger partial charge in [-0.3, -0.25) is 4.79 Å². The summed E-state index contributed by atoms with van der Waals surface area (Å²) in [5.41, 5.74) is -1.70. The van der Waals surface area contributed by atoms with Crippen molar-refractivity contribution in [1.82, 2.24) is 16.0 Å². The van der Waals surface area contributed by atoms with Gasteiger partial charge in [0.25, 0.3) is 0 Å². The summed E-state index contributed by atoms with van der Waals surface area (Å²) >= 11 is 3.34. The van der Waals surface area contributed by atoms with Crippen molar-refractivity contribution in [1.29, 1.82) is 0 Å². The van der Waals surface area contributed by atoms with Gasteiger partial charge in [0.1, 0.15) is 28.9 Å². The molecule has 0 aliphatic heterocycles. The van der Waals surface area contributed by atoms with Gasteiger partial charge in [-0.05, 0) is 112 Å². The Labute approximate surface area is 269 Å². The molecule has 0 aromatic heterocycles. The van der Waals surface area contributed by atoms with Gasteiger partial charge < -0.3 is 35.5 Å². The molecule has 0 bridgehead atoms. The van der Waals surface area contributed by atoms with Gasteiger partial charge in [-0.1, -0.05) is 15.9 Å². The number of benzene rings is 1. The van der Waals surface area contributed by atoms with E-state index in [2.05, 4.69) is 37.2 Å². The minimum atomic E-state index is -1.17. The van der Waals surface area contributed by atoms with Crippen LogP contribution in [-0.4, -0.2) is 65.4 Å². The third-order valence-electron chi connectivity index (χ3n) is 5.36. The van der Waals surface area contributed by atoms with E-state index in [9.17, 15) is 24.0 Å². The average Bonchev–Trinajstić information content (AvgIpc) is 2.83. The van der Waals surface area contributed by atoms with Crippen molar-refractivity contribution in [2.45, 2.75) is 123 Å². The van der Waals surface area contributed by atoms with E-state index in [-0.39, 0.29) is 25.3 Å². The van der Waals surface area contributed by atoms with Gasteiger partial charge in [-0.15, -0.1) is 0 Å². The van der Waals surface area contributed by atoms with Gasteiger partial charge in [-0.25, -0.2) is 19.2 Å². The number of amides is 4. The van der Waals surface area contributed by atoms with E-state index in [0.29, 0.717) is 25.1 Å². The maximum Gasteiger partial charge on any atom is 0.329 e. The van der Waals surface area contributed by atoms with Crippen LogP contribution in [0.2, 0.25) is 0 Å². The summed E-state index contributed by atoms with van der Waals surface area (Å²) in [6, 6.07) is 3.78. The highest BCUT2D eigenvalue weighted by molar-refractivity contribution is 9.10. The van der Waals surface area contributed by atoms with E-state index >= 15 is 0 Å². The second kappa shape index (κ2) is 17.2. The number of unbranched alkanes of at least 4 members (excludes halogenated alkanes) is 1.